The van der Waals surface area contributed by atoms with Crippen molar-refractivity contribution in [2.24, 2.45) is 5.92 Å². The van der Waals surface area contributed by atoms with Gasteiger partial charge in [-0.25, -0.2) is 32.5 Å². The third kappa shape index (κ3) is 5.89. The molecule has 0 saturated carbocycles. The molecule has 2 aromatic rings. The Labute approximate surface area is 193 Å². The number of allylic oxidation sites excluding steroid dienone is 1. The van der Waals surface area contributed by atoms with Crippen LogP contribution in [0.2, 0.25) is 0 Å². The number of piperidine rings is 1. The minimum absolute atomic E-state index is 0.0962. The number of anilines is 1. The molecule has 3 N–H and O–H groups in total. The Morgan fingerprint density at radius 3 is 2.79 bits per heavy atom. The molecule has 1 aliphatic heterocycles. The largest absolute Gasteiger partial charge is 0.354 e. The maximum Gasteiger partial charge on any atom is 0.279 e. The first-order valence-corrected chi connectivity index (χ1v) is 11.3. The molecule has 2 atom stereocenters. The summed E-state index contributed by atoms with van der Waals surface area (Å²) >= 11 is 1.30. The molecule has 8 nitrogen and oxygen atoms in total. The number of aromatic amines is 1. The van der Waals surface area contributed by atoms with Crippen molar-refractivity contribution in [3.05, 3.63) is 30.5 Å². The fourth-order valence-corrected chi connectivity index (χ4v) is 3.97. The average Bonchev–Trinajstić information content (AvgIpc) is 3.25. The molecule has 1 fully saturated rings. The highest BCUT2D eigenvalue weighted by molar-refractivity contribution is 7.96. The van der Waals surface area contributed by atoms with Gasteiger partial charge in [-0.3, -0.25) is 15.0 Å². The van der Waals surface area contributed by atoms with Gasteiger partial charge >= 0.3 is 0 Å². The standard InChI is InChI=1S/C20H26F4N8S/c1-31(2)16-10-32(9-12(7-29-33-3)20(16,23)24)18-6-14(27-11-28-18)15-8-26-17(30-15)5-4-13(25)19(21)22/h4-6,8,11-12,16,19,25,29H,7,9-10H2,1-3H3,(H,26,30)/b5-4-,25-13?. The molecule has 2 unspecified atom stereocenters. The highest BCUT2D eigenvalue weighted by Crippen LogP contribution is 2.37. The fraction of sp³-hybridized carbons (Fsp3) is 0.500. The summed E-state index contributed by atoms with van der Waals surface area (Å²) in [5.41, 5.74) is 0.169. The second-order valence-electron chi connectivity index (χ2n) is 7.84. The molecule has 1 aliphatic rings. The molecule has 0 radical (unpaired) electrons. The number of aromatic nitrogens is 4. The number of hydrogen-bond donors (Lipinski definition) is 3. The van der Waals surface area contributed by atoms with Crippen molar-refractivity contribution in [2.75, 3.05) is 44.9 Å². The molecular formula is C20H26F4N8S. The van der Waals surface area contributed by atoms with Crippen LogP contribution in [-0.2, 0) is 0 Å². The molecule has 180 valence electrons. The lowest BCUT2D eigenvalue weighted by molar-refractivity contribution is -0.120. The van der Waals surface area contributed by atoms with Gasteiger partial charge in [0.1, 0.15) is 18.0 Å². The van der Waals surface area contributed by atoms with E-state index in [1.54, 1.807) is 26.4 Å². The van der Waals surface area contributed by atoms with Crippen LogP contribution in [0.25, 0.3) is 17.5 Å². The molecule has 0 aliphatic carbocycles. The van der Waals surface area contributed by atoms with Gasteiger partial charge in [-0.2, -0.15) is 0 Å². The Kier molecular flexibility index (Phi) is 8.08. The van der Waals surface area contributed by atoms with Gasteiger partial charge in [0.15, 0.2) is 0 Å². The van der Waals surface area contributed by atoms with Crippen molar-refractivity contribution in [3.63, 3.8) is 0 Å². The first-order chi connectivity index (χ1) is 15.6. The van der Waals surface area contributed by atoms with E-state index in [9.17, 15) is 8.78 Å². The van der Waals surface area contributed by atoms with Crippen molar-refractivity contribution in [1.82, 2.24) is 29.6 Å². The number of nitrogens with zero attached hydrogens (tertiary/aromatic N) is 5. The summed E-state index contributed by atoms with van der Waals surface area (Å²) in [7, 11) is 3.28. The van der Waals surface area contributed by atoms with Crippen molar-refractivity contribution in [1.29, 1.82) is 5.41 Å². The molecular weight excluding hydrogens is 460 g/mol. The van der Waals surface area contributed by atoms with Crippen LogP contribution < -0.4 is 9.62 Å². The van der Waals surface area contributed by atoms with Crippen LogP contribution in [0.4, 0.5) is 23.4 Å². The van der Waals surface area contributed by atoms with Gasteiger partial charge in [-0.1, -0.05) is 11.9 Å². The van der Waals surface area contributed by atoms with E-state index in [-0.39, 0.29) is 25.5 Å². The number of hydrogen-bond acceptors (Lipinski definition) is 8. The predicted molar refractivity (Wildman–Crippen MR) is 122 cm³/mol. The minimum Gasteiger partial charge on any atom is -0.354 e. The van der Waals surface area contributed by atoms with Crippen LogP contribution in [0.5, 0.6) is 0 Å². The summed E-state index contributed by atoms with van der Waals surface area (Å²) in [5, 5.41) is 7.17. The van der Waals surface area contributed by atoms with Crippen LogP contribution in [-0.4, -0.2) is 88.9 Å². The average molecular weight is 487 g/mol. The second-order valence-corrected chi connectivity index (χ2v) is 8.54. The van der Waals surface area contributed by atoms with Crippen molar-refractivity contribution < 1.29 is 17.6 Å². The quantitative estimate of drug-likeness (QED) is 0.285. The molecule has 0 aromatic carbocycles. The lowest BCUT2D eigenvalue weighted by Crippen LogP contribution is -2.63. The molecule has 13 heteroatoms. The molecule has 2 aromatic heterocycles. The van der Waals surface area contributed by atoms with Gasteiger partial charge in [0.05, 0.1) is 35.3 Å². The third-order valence-corrected chi connectivity index (χ3v) is 5.88. The van der Waals surface area contributed by atoms with Crippen molar-refractivity contribution >= 4 is 29.6 Å². The Bertz CT molecular complexity index is 980. The van der Waals surface area contributed by atoms with Crippen LogP contribution in [0.15, 0.2) is 24.7 Å². The van der Waals surface area contributed by atoms with Crippen molar-refractivity contribution in [3.8, 4) is 11.4 Å². The van der Waals surface area contributed by atoms with Gasteiger partial charge in [-0.15, -0.1) is 0 Å². The lowest BCUT2D eigenvalue weighted by Gasteiger charge is -2.46. The van der Waals surface area contributed by atoms with Gasteiger partial charge in [0, 0.05) is 25.7 Å². The number of H-pyrrole nitrogens is 1. The van der Waals surface area contributed by atoms with Crippen LogP contribution >= 0.6 is 11.9 Å². The maximum atomic E-state index is 15.1. The van der Waals surface area contributed by atoms with Gasteiger partial charge in [-0.05, 0) is 32.5 Å². The van der Waals surface area contributed by atoms with E-state index >= 15 is 8.78 Å². The topological polar surface area (TPSA) is 96.8 Å². The Hall–Kier alpha value is -2.51. The predicted octanol–water partition coefficient (Wildman–Crippen LogP) is 3.03. The summed E-state index contributed by atoms with van der Waals surface area (Å²) in [4.78, 5) is 18.9. The smallest absolute Gasteiger partial charge is 0.279 e. The van der Waals surface area contributed by atoms with Crippen LogP contribution in [0.3, 0.4) is 0 Å². The highest BCUT2D eigenvalue weighted by Gasteiger charge is 2.52. The molecule has 0 amide bonds. The molecule has 3 heterocycles. The number of alkyl halides is 4. The van der Waals surface area contributed by atoms with E-state index in [2.05, 4.69) is 24.7 Å². The first-order valence-electron chi connectivity index (χ1n) is 10.1. The highest BCUT2D eigenvalue weighted by atomic mass is 32.2. The summed E-state index contributed by atoms with van der Waals surface area (Å²) in [6.07, 6.45) is 4.01. The summed E-state index contributed by atoms with van der Waals surface area (Å²) in [5.74, 6) is -3.01. The minimum atomic E-state index is -2.88. The fourth-order valence-electron chi connectivity index (χ4n) is 3.60. The molecule has 1 saturated heterocycles. The van der Waals surface area contributed by atoms with E-state index in [4.69, 9.17) is 5.41 Å². The van der Waals surface area contributed by atoms with Crippen LogP contribution in [0, 0.1) is 11.3 Å². The number of likely N-dealkylation sites (N-methyl/N-ethyl adjacent to an activating group) is 1. The summed E-state index contributed by atoms with van der Waals surface area (Å²) in [6, 6.07) is 0.685. The zero-order valence-electron chi connectivity index (χ0n) is 18.4. The van der Waals surface area contributed by atoms with Gasteiger partial charge < -0.3 is 9.88 Å². The second kappa shape index (κ2) is 10.6. The Balaban J connectivity index is 1.83. The van der Waals surface area contributed by atoms with E-state index in [0.29, 0.717) is 17.2 Å². The SMILES string of the molecule is CSNCC1CN(c2cc(-c3cnc(/C=C\C(=N)C(F)F)[nH]3)ncn2)CC(N(C)C)C1(F)F. The monoisotopic (exact) mass is 486 g/mol. The van der Waals surface area contributed by atoms with Gasteiger partial charge in [0.2, 0.25) is 0 Å². The van der Waals surface area contributed by atoms with Crippen molar-refractivity contribution in [2.45, 2.75) is 18.4 Å². The molecule has 3 rings (SSSR count). The zero-order chi connectivity index (χ0) is 24.2. The van der Waals surface area contributed by atoms with E-state index in [1.807, 2.05) is 4.90 Å². The van der Waals surface area contributed by atoms with E-state index in [0.717, 1.165) is 6.08 Å². The summed E-state index contributed by atoms with van der Waals surface area (Å²) < 4.78 is 58.1. The van der Waals surface area contributed by atoms with E-state index in [1.165, 1.54) is 35.4 Å². The normalized spacial score (nSPS) is 20.8. The zero-order valence-corrected chi connectivity index (χ0v) is 19.2. The van der Waals surface area contributed by atoms with Gasteiger partial charge in [0.25, 0.3) is 12.3 Å². The summed E-state index contributed by atoms with van der Waals surface area (Å²) in [6.45, 7) is 0.365. The lowest BCUT2D eigenvalue weighted by atomic mass is 9.89. The molecule has 0 bridgehead atoms. The van der Waals surface area contributed by atoms with Crippen LogP contribution in [0.1, 0.15) is 5.82 Å². The van der Waals surface area contributed by atoms with E-state index < -0.39 is 30.0 Å². The number of rotatable bonds is 9. The molecule has 0 spiro atoms. The number of nitrogens with one attached hydrogen (secondary N) is 3. The maximum absolute atomic E-state index is 15.1. The third-order valence-electron chi connectivity index (χ3n) is 5.42. The number of imidazole rings is 1. The Morgan fingerprint density at radius 2 is 2.12 bits per heavy atom. The number of halogens is 4. The first kappa shape index (κ1) is 25.1. The Morgan fingerprint density at radius 1 is 1.36 bits per heavy atom. The molecule has 33 heavy (non-hydrogen) atoms.